The van der Waals surface area contributed by atoms with Crippen molar-refractivity contribution in [3.05, 3.63) is 41.3 Å². The number of fused-ring (bicyclic) bond motifs is 1. The van der Waals surface area contributed by atoms with E-state index in [1.54, 1.807) is 37.1 Å². The van der Waals surface area contributed by atoms with Gasteiger partial charge in [0, 0.05) is 31.3 Å². The lowest BCUT2D eigenvalue weighted by molar-refractivity contribution is -0.125. The fourth-order valence-electron chi connectivity index (χ4n) is 3.97. The van der Waals surface area contributed by atoms with Gasteiger partial charge in [0.1, 0.15) is 11.5 Å². The quantitative estimate of drug-likeness (QED) is 0.837. The molecule has 1 N–H and O–H groups in total. The maximum absolute atomic E-state index is 12.8. The standard InChI is InChI=1S/C22H27N3O4/c1-4-18-15(13-25-9-5-6-10-25)11-20(29-18)21(26)23-16-7-8-19-17(12-16)24(3)22(27)14(2)28-19/h7-8,11-12,14H,4-6,9-10,13H2,1-3H3,(H,23,26). The number of ether oxygens (including phenoxy) is 1. The predicted molar refractivity (Wildman–Crippen MR) is 110 cm³/mol. The van der Waals surface area contributed by atoms with E-state index in [-0.39, 0.29) is 11.8 Å². The van der Waals surface area contributed by atoms with E-state index >= 15 is 0 Å². The van der Waals surface area contributed by atoms with Crippen molar-refractivity contribution in [2.45, 2.75) is 45.8 Å². The summed E-state index contributed by atoms with van der Waals surface area (Å²) < 4.78 is 11.5. The SMILES string of the molecule is CCc1oc(C(=O)Nc2ccc3c(c2)N(C)C(=O)C(C)O3)cc1CN1CCCC1. The van der Waals surface area contributed by atoms with Gasteiger partial charge in [-0.2, -0.15) is 0 Å². The summed E-state index contributed by atoms with van der Waals surface area (Å²) >= 11 is 0. The zero-order valence-electron chi connectivity index (χ0n) is 17.2. The average Bonchev–Trinajstić information content (AvgIpc) is 3.37. The summed E-state index contributed by atoms with van der Waals surface area (Å²) in [6.45, 7) is 6.77. The molecule has 2 aliphatic heterocycles. The number of furan rings is 1. The Kier molecular flexibility index (Phi) is 5.32. The van der Waals surface area contributed by atoms with Gasteiger partial charge in [-0.15, -0.1) is 0 Å². The minimum Gasteiger partial charge on any atom is -0.479 e. The molecule has 2 aliphatic rings. The number of aryl methyl sites for hydroxylation is 1. The van der Waals surface area contributed by atoms with E-state index in [9.17, 15) is 9.59 Å². The van der Waals surface area contributed by atoms with E-state index in [2.05, 4.69) is 10.2 Å². The zero-order valence-corrected chi connectivity index (χ0v) is 17.2. The molecule has 2 amide bonds. The number of nitrogens with one attached hydrogen (secondary N) is 1. The number of rotatable bonds is 5. The van der Waals surface area contributed by atoms with Crippen LogP contribution in [0.25, 0.3) is 0 Å². The van der Waals surface area contributed by atoms with Crippen molar-refractivity contribution in [1.29, 1.82) is 0 Å². The Morgan fingerprint density at radius 2 is 2.00 bits per heavy atom. The number of anilines is 2. The summed E-state index contributed by atoms with van der Waals surface area (Å²) in [6, 6.07) is 7.13. The second-order valence-electron chi connectivity index (χ2n) is 7.69. The van der Waals surface area contributed by atoms with Crippen LogP contribution in [0.4, 0.5) is 11.4 Å². The summed E-state index contributed by atoms with van der Waals surface area (Å²) in [5.74, 6) is 1.37. The first-order valence-corrected chi connectivity index (χ1v) is 10.2. The van der Waals surface area contributed by atoms with Crippen molar-refractivity contribution in [2.24, 2.45) is 0 Å². The molecule has 1 aromatic heterocycles. The molecule has 1 fully saturated rings. The highest BCUT2D eigenvalue weighted by atomic mass is 16.5. The van der Waals surface area contributed by atoms with Gasteiger partial charge in [-0.3, -0.25) is 14.5 Å². The van der Waals surface area contributed by atoms with E-state index in [0.717, 1.165) is 37.4 Å². The highest BCUT2D eigenvalue weighted by Gasteiger charge is 2.29. The van der Waals surface area contributed by atoms with Gasteiger partial charge in [-0.25, -0.2) is 0 Å². The van der Waals surface area contributed by atoms with E-state index in [4.69, 9.17) is 9.15 Å². The van der Waals surface area contributed by atoms with Crippen LogP contribution in [0.15, 0.2) is 28.7 Å². The van der Waals surface area contributed by atoms with Crippen molar-refractivity contribution in [3.63, 3.8) is 0 Å². The van der Waals surface area contributed by atoms with Crippen molar-refractivity contribution >= 4 is 23.2 Å². The summed E-state index contributed by atoms with van der Waals surface area (Å²) in [5, 5.41) is 2.87. The lowest BCUT2D eigenvalue weighted by atomic mass is 10.1. The Hall–Kier alpha value is -2.80. The van der Waals surface area contributed by atoms with E-state index in [1.807, 2.05) is 13.0 Å². The highest BCUT2D eigenvalue weighted by molar-refractivity contribution is 6.04. The smallest absolute Gasteiger partial charge is 0.291 e. The first-order chi connectivity index (χ1) is 14.0. The molecule has 0 bridgehead atoms. The van der Waals surface area contributed by atoms with Crippen LogP contribution >= 0.6 is 0 Å². The molecule has 0 radical (unpaired) electrons. The van der Waals surface area contributed by atoms with E-state index in [0.29, 0.717) is 22.9 Å². The first kappa shape index (κ1) is 19.5. The molecule has 1 atom stereocenters. The van der Waals surface area contributed by atoms with Crippen molar-refractivity contribution in [1.82, 2.24) is 4.90 Å². The molecular formula is C22H27N3O4. The van der Waals surface area contributed by atoms with Gasteiger partial charge in [0.25, 0.3) is 11.8 Å². The van der Waals surface area contributed by atoms with Crippen LogP contribution in [0.1, 0.15) is 48.6 Å². The third-order valence-corrected chi connectivity index (χ3v) is 5.59. The predicted octanol–water partition coefficient (Wildman–Crippen LogP) is 3.43. The number of amides is 2. The summed E-state index contributed by atoms with van der Waals surface area (Å²) in [4.78, 5) is 28.9. The minimum atomic E-state index is -0.516. The summed E-state index contributed by atoms with van der Waals surface area (Å²) in [6.07, 6.45) is 2.68. The number of likely N-dealkylation sites (tertiary alicyclic amines) is 1. The van der Waals surface area contributed by atoms with Crippen molar-refractivity contribution < 1.29 is 18.7 Å². The van der Waals surface area contributed by atoms with Gasteiger partial charge in [0.15, 0.2) is 11.9 Å². The lowest BCUT2D eigenvalue weighted by Crippen LogP contribution is -2.41. The van der Waals surface area contributed by atoms with Crippen LogP contribution in [0, 0.1) is 0 Å². The maximum atomic E-state index is 12.8. The average molecular weight is 397 g/mol. The van der Waals surface area contributed by atoms with Gasteiger partial charge in [0.2, 0.25) is 0 Å². The number of nitrogens with zero attached hydrogens (tertiary/aromatic N) is 2. The fraction of sp³-hybridized carbons (Fsp3) is 0.455. The third-order valence-electron chi connectivity index (χ3n) is 5.59. The molecule has 1 aromatic carbocycles. The second kappa shape index (κ2) is 7.91. The Balaban J connectivity index is 1.51. The number of hydrogen-bond donors (Lipinski definition) is 1. The van der Waals surface area contributed by atoms with Crippen molar-refractivity contribution in [2.75, 3.05) is 30.4 Å². The molecule has 1 saturated heterocycles. The third kappa shape index (κ3) is 3.87. The lowest BCUT2D eigenvalue weighted by Gasteiger charge is -2.30. The molecule has 1 unspecified atom stereocenters. The van der Waals surface area contributed by atoms with Gasteiger partial charge >= 0.3 is 0 Å². The van der Waals surface area contributed by atoms with Gasteiger partial charge < -0.3 is 19.4 Å². The van der Waals surface area contributed by atoms with Gasteiger partial charge in [-0.1, -0.05) is 6.92 Å². The monoisotopic (exact) mass is 397 g/mol. The largest absolute Gasteiger partial charge is 0.479 e. The molecule has 4 rings (SSSR count). The molecule has 0 aliphatic carbocycles. The van der Waals surface area contributed by atoms with Crippen molar-refractivity contribution in [3.8, 4) is 5.75 Å². The van der Waals surface area contributed by atoms with Crippen LogP contribution in [0.3, 0.4) is 0 Å². The first-order valence-electron chi connectivity index (χ1n) is 10.2. The molecule has 29 heavy (non-hydrogen) atoms. The Labute approximate surface area is 170 Å². The van der Waals surface area contributed by atoms with Crippen LogP contribution in [0.2, 0.25) is 0 Å². The number of benzene rings is 1. The van der Waals surface area contributed by atoms with Crippen LogP contribution in [-0.4, -0.2) is 43.0 Å². The molecule has 7 heteroatoms. The van der Waals surface area contributed by atoms with Gasteiger partial charge in [-0.05, 0) is 57.1 Å². The molecule has 0 saturated carbocycles. The van der Waals surface area contributed by atoms with Crippen LogP contribution in [0.5, 0.6) is 5.75 Å². The Morgan fingerprint density at radius 3 is 2.72 bits per heavy atom. The zero-order chi connectivity index (χ0) is 20.5. The Bertz CT molecular complexity index is 930. The molecular weight excluding hydrogens is 370 g/mol. The number of carbonyl (C=O) groups excluding carboxylic acids is 2. The molecule has 3 heterocycles. The van der Waals surface area contributed by atoms with E-state index < -0.39 is 6.10 Å². The molecule has 7 nitrogen and oxygen atoms in total. The fourth-order valence-corrected chi connectivity index (χ4v) is 3.97. The molecule has 0 spiro atoms. The summed E-state index contributed by atoms with van der Waals surface area (Å²) in [7, 11) is 1.70. The van der Waals surface area contributed by atoms with E-state index in [1.165, 1.54) is 12.8 Å². The summed E-state index contributed by atoms with van der Waals surface area (Å²) in [5.41, 5.74) is 2.30. The Morgan fingerprint density at radius 1 is 1.24 bits per heavy atom. The topological polar surface area (TPSA) is 75.0 Å². The molecule has 2 aromatic rings. The number of hydrogen-bond acceptors (Lipinski definition) is 5. The van der Waals surface area contributed by atoms with Gasteiger partial charge in [0.05, 0.1) is 5.69 Å². The van der Waals surface area contributed by atoms with Crippen LogP contribution < -0.4 is 15.0 Å². The number of carbonyl (C=O) groups is 2. The maximum Gasteiger partial charge on any atom is 0.291 e. The minimum absolute atomic E-state index is 0.119. The number of likely N-dealkylation sites (N-methyl/N-ethyl adjacent to an activating group) is 1. The second-order valence-corrected chi connectivity index (χ2v) is 7.69. The molecule has 154 valence electrons. The highest BCUT2D eigenvalue weighted by Crippen LogP contribution is 2.35. The normalized spacial score (nSPS) is 19.2. The van der Waals surface area contributed by atoms with Crippen LogP contribution in [-0.2, 0) is 17.8 Å².